The summed E-state index contributed by atoms with van der Waals surface area (Å²) in [4.78, 5) is 2.52. The zero-order valence-electron chi connectivity index (χ0n) is 8.57. The molecule has 2 aromatic heterocycles. The van der Waals surface area contributed by atoms with Crippen molar-refractivity contribution < 1.29 is 0 Å². The molecule has 0 aliphatic carbocycles. The predicted molar refractivity (Wildman–Crippen MR) is 64.5 cm³/mol. The second kappa shape index (κ2) is 3.87. The Morgan fingerprint density at radius 3 is 2.73 bits per heavy atom. The second-order valence-corrected chi connectivity index (χ2v) is 5.17. The largest absolute Gasteiger partial charge is 0.383 e. The summed E-state index contributed by atoms with van der Waals surface area (Å²) in [6, 6.07) is 4.33. The lowest BCUT2D eigenvalue weighted by Gasteiger charge is -2.11. The molecule has 2 rings (SSSR count). The molecular weight excluding hydrogens is 230 g/mol. The van der Waals surface area contributed by atoms with E-state index in [1.54, 1.807) is 22.2 Å². The van der Waals surface area contributed by atoms with Gasteiger partial charge in [-0.25, -0.2) is 4.68 Å². The summed E-state index contributed by atoms with van der Waals surface area (Å²) < 4.78 is 1.74. The molecule has 0 saturated heterocycles. The van der Waals surface area contributed by atoms with Gasteiger partial charge in [0.05, 0.1) is 12.2 Å². The Morgan fingerprint density at radius 1 is 1.53 bits per heavy atom. The third-order valence-corrected chi connectivity index (χ3v) is 3.79. The molecular formula is C10H12ClN3S. The third kappa shape index (κ3) is 1.87. The van der Waals surface area contributed by atoms with E-state index in [4.69, 9.17) is 17.3 Å². The first-order valence-corrected chi connectivity index (χ1v) is 5.84. The Kier molecular flexibility index (Phi) is 2.71. The number of anilines is 1. The molecule has 0 aromatic carbocycles. The fraction of sp³-hybridized carbons (Fsp3) is 0.300. The molecule has 5 heteroatoms. The monoisotopic (exact) mass is 241 g/mol. The summed E-state index contributed by atoms with van der Waals surface area (Å²) in [5.41, 5.74) is 5.82. The normalized spacial score (nSPS) is 13.0. The second-order valence-electron chi connectivity index (χ2n) is 3.45. The summed E-state index contributed by atoms with van der Waals surface area (Å²) in [7, 11) is 0. The van der Waals surface area contributed by atoms with Gasteiger partial charge in [-0.2, -0.15) is 5.10 Å². The van der Waals surface area contributed by atoms with E-state index in [1.165, 1.54) is 9.75 Å². The molecule has 2 aromatic rings. The van der Waals surface area contributed by atoms with Crippen LogP contribution in [0.2, 0.25) is 5.02 Å². The van der Waals surface area contributed by atoms with Gasteiger partial charge >= 0.3 is 0 Å². The van der Waals surface area contributed by atoms with E-state index in [0.717, 1.165) is 0 Å². The molecule has 0 aliphatic heterocycles. The van der Waals surface area contributed by atoms with Crippen molar-refractivity contribution >= 4 is 28.8 Å². The molecule has 15 heavy (non-hydrogen) atoms. The highest BCUT2D eigenvalue weighted by Crippen LogP contribution is 2.29. The summed E-state index contributed by atoms with van der Waals surface area (Å²) in [5.74, 6) is 0.523. The van der Waals surface area contributed by atoms with Gasteiger partial charge in [0.1, 0.15) is 10.8 Å². The zero-order valence-corrected chi connectivity index (χ0v) is 10.1. The third-order valence-electron chi connectivity index (χ3n) is 2.33. The summed E-state index contributed by atoms with van der Waals surface area (Å²) in [6.45, 7) is 4.14. The molecule has 1 atom stereocenters. The number of rotatable bonds is 2. The quantitative estimate of drug-likeness (QED) is 0.878. The minimum atomic E-state index is 0.135. The summed E-state index contributed by atoms with van der Waals surface area (Å²) in [6.07, 6.45) is 1.58. The van der Waals surface area contributed by atoms with Crippen LogP contribution in [0.3, 0.4) is 0 Å². The average Bonchev–Trinajstić information content (AvgIpc) is 2.75. The van der Waals surface area contributed by atoms with Crippen molar-refractivity contribution in [2.45, 2.75) is 19.9 Å². The van der Waals surface area contributed by atoms with E-state index in [2.05, 4.69) is 31.1 Å². The SMILES string of the molecule is Cc1ccc(C(C)n2ncc(Cl)c2N)s1. The first kappa shape index (κ1) is 10.5. The van der Waals surface area contributed by atoms with Gasteiger partial charge in [-0.15, -0.1) is 11.3 Å². The number of nitrogen functional groups attached to an aromatic ring is 1. The van der Waals surface area contributed by atoms with Crippen LogP contribution in [0.1, 0.15) is 22.7 Å². The lowest BCUT2D eigenvalue weighted by Crippen LogP contribution is -2.10. The number of nitrogens with zero attached hydrogens (tertiary/aromatic N) is 2. The minimum Gasteiger partial charge on any atom is -0.383 e. The van der Waals surface area contributed by atoms with Crippen LogP contribution in [0.4, 0.5) is 5.82 Å². The van der Waals surface area contributed by atoms with Crippen LogP contribution in [0.25, 0.3) is 0 Å². The molecule has 3 nitrogen and oxygen atoms in total. The van der Waals surface area contributed by atoms with E-state index in [9.17, 15) is 0 Å². The standard InChI is InChI=1S/C10H12ClN3S/c1-6-3-4-9(15-6)7(2)14-10(12)8(11)5-13-14/h3-5,7H,12H2,1-2H3. The van der Waals surface area contributed by atoms with Crippen molar-refractivity contribution in [3.63, 3.8) is 0 Å². The molecule has 0 aliphatic rings. The molecule has 0 spiro atoms. The fourth-order valence-corrected chi connectivity index (χ4v) is 2.50. The molecule has 2 heterocycles. The lowest BCUT2D eigenvalue weighted by atomic mass is 10.3. The molecule has 80 valence electrons. The van der Waals surface area contributed by atoms with Gasteiger partial charge in [-0.05, 0) is 26.0 Å². The number of aromatic nitrogens is 2. The first-order valence-electron chi connectivity index (χ1n) is 4.64. The average molecular weight is 242 g/mol. The number of hydrogen-bond donors (Lipinski definition) is 1. The van der Waals surface area contributed by atoms with Crippen molar-refractivity contribution in [1.29, 1.82) is 0 Å². The number of halogens is 1. The zero-order chi connectivity index (χ0) is 11.0. The molecule has 0 bridgehead atoms. The van der Waals surface area contributed by atoms with Gasteiger partial charge in [-0.3, -0.25) is 0 Å². The number of aryl methyl sites for hydroxylation is 1. The van der Waals surface area contributed by atoms with E-state index >= 15 is 0 Å². The topological polar surface area (TPSA) is 43.8 Å². The van der Waals surface area contributed by atoms with Crippen LogP contribution in [-0.2, 0) is 0 Å². The summed E-state index contributed by atoms with van der Waals surface area (Å²) in [5, 5.41) is 4.68. The van der Waals surface area contributed by atoms with Gasteiger partial charge in [-0.1, -0.05) is 11.6 Å². The lowest BCUT2D eigenvalue weighted by molar-refractivity contribution is 0.581. The molecule has 0 amide bonds. The van der Waals surface area contributed by atoms with Crippen molar-refractivity contribution in [2.24, 2.45) is 0 Å². The Labute approximate surface area is 97.5 Å². The molecule has 1 unspecified atom stereocenters. The highest BCUT2D eigenvalue weighted by atomic mass is 35.5. The highest BCUT2D eigenvalue weighted by Gasteiger charge is 2.14. The van der Waals surface area contributed by atoms with Gasteiger partial charge in [0.2, 0.25) is 0 Å². The van der Waals surface area contributed by atoms with Crippen LogP contribution < -0.4 is 5.73 Å². The Morgan fingerprint density at radius 2 is 2.27 bits per heavy atom. The predicted octanol–water partition coefficient (Wildman–Crippen LogP) is 3.10. The molecule has 0 fully saturated rings. The number of nitrogens with two attached hydrogens (primary N) is 1. The van der Waals surface area contributed by atoms with E-state index in [1.807, 2.05) is 0 Å². The van der Waals surface area contributed by atoms with Gasteiger partial charge < -0.3 is 5.73 Å². The fourth-order valence-electron chi connectivity index (χ4n) is 1.46. The van der Waals surface area contributed by atoms with Crippen LogP contribution >= 0.6 is 22.9 Å². The van der Waals surface area contributed by atoms with Gasteiger partial charge in [0.25, 0.3) is 0 Å². The smallest absolute Gasteiger partial charge is 0.141 e. The van der Waals surface area contributed by atoms with E-state index in [-0.39, 0.29) is 6.04 Å². The summed E-state index contributed by atoms with van der Waals surface area (Å²) >= 11 is 7.61. The molecule has 0 radical (unpaired) electrons. The van der Waals surface area contributed by atoms with Gasteiger partial charge in [0.15, 0.2) is 0 Å². The maximum atomic E-state index is 5.86. The Hall–Kier alpha value is -1.000. The van der Waals surface area contributed by atoms with E-state index < -0.39 is 0 Å². The van der Waals surface area contributed by atoms with E-state index in [0.29, 0.717) is 10.8 Å². The highest BCUT2D eigenvalue weighted by molar-refractivity contribution is 7.12. The van der Waals surface area contributed by atoms with Crippen LogP contribution in [0.15, 0.2) is 18.3 Å². The first-order chi connectivity index (χ1) is 7.09. The van der Waals surface area contributed by atoms with Crippen molar-refractivity contribution in [3.05, 3.63) is 33.1 Å². The van der Waals surface area contributed by atoms with Crippen molar-refractivity contribution in [1.82, 2.24) is 9.78 Å². The minimum absolute atomic E-state index is 0.135. The molecule has 2 N–H and O–H groups in total. The van der Waals surface area contributed by atoms with Crippen LogP contribution in [0.5, 0.6) is 0 Å². The van der Waals surface area contributed by atoms with Crippen LogP contribution in [0, 0.1) is 6.92 Å². The maximum Gasteiger partial charge on any atom is 0.141 e. The Bertz CT molecular complexity index is 475. The van der Waals surface area contributed by atoms with Crippen LogP contribution in [-0.4, -0.2) is 9.78 Å². The Balaban J connectivity index is 2.36. The molecule has 0 saturated carbocycles. The number of thiophene rings is 1. The van der Waals surface area contributed by atoms with Crippen molar-refractivity contribution in [2.75, 3.05) is 5.73 Å². The maximum absolute atomic E-state index is 5.86. The van der Waals surface area contributed by atoms with Crippen molar-refractivity contribution in [3.8, 4) is 0 Å². The van der Waals surface area contributed by atoms with Gasteiger partial charge in [0, 0.05) is 9.75 Å². The number of hydrogen-bond acceptors (Lipinski definition) is 3.